The highest BCUT2D eigenvalue weighted by Gasteiger charge is 1.98. The van der Waals surface area contributed by atoms with Gasteiger partial charge in [-0.1, -0.05) is 80.6 Å². The Labute approximate surface area is 325 Å². The molecular weight excluding hydrogens is 744 g/mol. The molecule has 0 atom stereocenters. The van der Waals surface area contributed by atoms with E-state index < -0.39 is 0 Å². The molecule has 0 spiro atoms. The van der Waals surface area contributed by atoms with E-state index in [2.05, 4.69) is 22.9 Å². The van der Waals surface area contributed by atoms with Crippen molar-refractivity contribution in [1.29, 1.82) is 0 Å². The number of unbranched alkanes of at least 4 members (excludes halogenated alkanes) is 9. The fourth-order valence-corrected chi connectivity index (χ4v) is 4.72. The van der Waals surface area contributed by atoms with Gasteiger partial charge in [-0.15, -0.1) is 0 Å². The predicted molar refractivity (Wildman–Crippen MR) is 206 cm³/mol. The molecule has 0 unspecified atom stereocenters. The summed E-state index contributed by atoms with van der Waals surface area (Å²) < 4.78 is 71.3. The Bertz CT molecular complexity index is 563. The van der Waals surface area contributed by atoms with Gasteiger partial charge in [0.2, 0.25) is 0 Å². The minimum atomic E-state index is 0.515. The second-order valence-electron chi connectivity index (χ2n) is 11.8. The van der Waals surface area contributed by atoms with Crippen LogP contribution in [0.1, 0.15) is 71.1 Å². The molecule has 0 fully saturated rings. The molecule has 0 aliphatic heterocycles. The lowest BCUT2D eigenvalue weighted by Crippen LogP contribution is -2.15. The third-order valence-corrected chi connectivity index (χ3v) is 7.65. The Morgan fingerprint density at radius 3 is 0.596 bits per heavy atom. The topological polar surface area (TPSA) is 120 Å². The highest BCUT2D eigenvalue weighted by molar-refractivity contribution is 9.09. The van der Waals surface area contributed by atoms with E-state index in [9.17, 15) is 0 Å². The van der Waals surface area contributed by atoms with Crippen LogP contribution in [0.3, 0.4) is 0 Å². The lowest BCUT2D eigenvalue weighted by Gasteiger charge is -2.09. The molecule has 0 aromatic heterocycles. The summed E-state index contributed by atoms with van der Waals surface area (Å²) in [5.41, 5.74) is 0. The van der Waals surface area contributed by atoms with E-state index in [0.717, 1.165) is 18.4 Å². The maximum absolute atomic E-state index is 5.65. The van der Waals surface area contributed by atoms with Crippen LogP contribution in [0.15, 0.2) is 0 Å². The highest BCUT2D eigenvalue weighted by atomic mass is 79.9. The monoisotopic (exact) mass is 820 g/mol. The average molecular weight is 822 g/mol. The van der Waals surface area contributed by atoms with Crippen molar-refractivity contribution in [2.75, 3.05) is 177 Å². The SMILES string of the molecule is CCCCCCCCCCCCOCCOCCOCCOCCOCCOCCOCCOCCOCCOCCOCCOCCOCCBr. The highest BCUT2D eigenvalue weighted by Crippen LogP contribution is 2.10. The zero-order valence-corrected chi connectivity index (χ0v) is 34.4. The molecule has 0 aromatic carbocycles. The molecule has 0 radical (unpaired) electrons. The van der Waals surface area contributed by atoms with E-state index in [1.54, 1.807) is 0 Å². The molecule has 0 rings (SSSR count). The summed E-state index contributed by atoms with van der Waals surface area (Å²) in [6.45, 7) is 16.8. The molecule has 0 amide bonds. The Morgan fingerprint density at radius 1 is 0.212 bits per heavy atom. The van der Waals surface area contributed by atoms with Crippen LogP contribution in [0.4, 0.5) is 0 Å². The zero-order valence-electron chi connectivity index (χ0n) is 32.8. The van der Waals surface area contributed by atoms with Crippen LogP contribution in [-0.4, -0.2) is 177 Å². The molecule has 14 heteroatoms. The van der Waals surface area contributed by atoms with Crippen molar-refractivity contribution in [2.45, 2.75) is 71.1 Å². The molecule has 0 aromatic rings. The van der Waals surface area contributed by atoms with Crippen molar-refractivity contribution in [3.8, 4) is 0 Å². The summed E-state index contributed by atoms with van der Waals surface area (Å²) in [4.78, 5) is 0. The summed E-state index contributed by atoms with van der Waals surface area (Å²) in [5, 5.41) is 0.838. The number of ether oxygens (including phenoxy) is 13. The van der Waals surface area contributed by atoms with Crippen LogP contribution in [-0.2, 0) is 61.6 Å². The van der Waals surface area contributed by atoms with Gasteiger partial charge >= 0.3 is 0 Å². The van der Waals surface area contributed by atoms with Crippen molar-refractivity contribution >= 4 is 15.9 Å². The van der Waals surface area contributed by atoms with Crippen LogP contribution in [0.5, 0.6) is 0 Å². The van der Waals surface area contributed by atoms with Crippen molar-refractivity contribution in [2.24, 2.45) is 0 Å². The number of hydrogen-bond donors (Lipinski definition) is 0. The second-order valence-corrected chi connectivity index (χ2v) is 12.6. The van der Waals surface area contributed by atoms with Crippen molar-refractivity contribution < 1.29 is 61.6 Å². The second kappa shape index (κ2) is 51.0. The quantitative estimate of drug-likeness (QED) is 0.0567. The van der Waals surface area contributed by atoms with Crippen LogP contribution in [0.2, 0.25) is 0 Å². The molecule has 0 N–H and O–H groups in total. The van der Waals surface area contributed by atoms with Gasteiger partial charge in [0.05, 0.1) is 165 Å². The van der Waals surface area contributed by atoms with Gasteiger partial charge in [0, 0.05) is 11.9 Å². The van der Waals surface area contributed by atoms with Crippen LogP contribution < -0.4 is 0 Å². The van der Waals surface area contributed by atoms with E-state index in [4.69, 9.17) is 61.6 Å². The van der Waals surface area contributed by atoms with E-state index in [0.29, 0.717) is 165 Å². The van der Waals surface area contributed by atoms with E-state index in [-0.39, 0.29) is 0 Å². The van der Waals surface area contributed by atoms with Gasteiger partial charge in [0.1, 0.15) is 0 Å². The molecule has 13 nitrogen and oxygen atoms in total. The number of alkyl halides is 1. The summed E-state index contributed by atoms with van der Waals surface area (Å²) in [6.07, 6.45) is 13.4. The first kappa shape index (κ1) is 52.0. The van der Waals surface area contributed by atoms with Crippen molar-refractivity contribution in [1.82, 2.24) is 0 Å². The van der Waals surface area contributed by atoms with Gasteiger partial charge in [0.25, 0.3) is 0 Å². The first-order valence-corrected chi connectivity index (χ1v) is 21.1. The van der Waals surface area contributed by atoms with Crippen molar-refractivity contribution in [3.63, 3.8) is 0 Å². The number of halogens is 1. The average Bonchev–Trinajstić information content (AvgIpc) is 3.16. The summed E-state index contributed by atoms with van der Waals surface area (Å²) in [5.74, 6) is 0. The molecule has 0 aliphatic carbocycles. The van der Waals surface area contributed by atoms with Gasteiger partial charge in [0.15, 0.2) is 0 Å². The zero-order chi connectivity index (χ0) is 37.4. The maximum atomic E-state index is 5.65. The van der Waals surface area contributed by atoms with Crippen LogP contribution >= 0.6 is 15.9 Å². The Morgan fingerprint density at radius 2 is 0.385 bits per heavy atom. The van der Waals surface area contributed by atoms with Crippen LogP contribution in [0, 0.1) is 0 Å². The molecular formula is C38H77BrO13. The predicted octanol–water partition coefficient (Wildman–Crippen LogP) is 5.52. The minimum Gasteiger partial charge on any atom is -0.379 e. The summed E-state index contributed by atoms with van der Waals surface area (Å²) in [6, 6.07) is 0. The smallest absolute Gasteiger partial charge is 0.0701 e. The van der Waals surface area contributed by atoms with Gasteiger partial charge in [-0.25, -0.2) is 0 Å². The first-order valence-electron chi connectivity index (χ1n) is 20.0. The molecule has 52 heavy (non-hydrogen) atoms. The van der Waals surface area contributed by atoms with Gasteiger partial charge in [-0.05, 0) is 6.42 Å². The first-order chi connectivity index (χ1) is 25.9. The lowest BCUT2D eigenvalue weighted by atomic mass is 10.1. The third kappa shape index (κ3) is 50.0. The number of rotatable bonds is 49. The van der Waals surface area contributed by atoms with Crippen molar-refractivity contribution in [3.05, 3.63) is 0 Å². The van der Waals surface area contributed by atoms with E-state index in [1.165, 1.54) is 57.8 Å². The molecule has 0 heterocycles. The van der Waals surface area contributed by atoms with Gasteiger partial charge in [-0.3, -0.25) is 0 Å². The minimum absolute atomic E-state index is 0.515. The largest absolute Gasteiger partial charge is 0.379 e. The summed E-state index contributed by atoms with van der Waals surface area (Å²) >= 11 is 3.30. The number of hydrogen-bond acceptors (Lipinski definition) is 13. The normalized spacial score (nSPS) is 11.7. The molecule has 0 aliphatic rings. The molecule has 0 saturated carbocycles. The van der Waals surface area contributed by atoms with Gasteiger partial charge in [-0.2, -0.15) is 0 Å². The fraction of sp³-hybridized carbons (Fsp3) is 1.00. The molecule has 314 valence electrons. The van der Waals surface area contributed by atoms with Gasteiger partial charge < -0.3 is 61.6 Å². The molecule has 0 bridgehead atoms. The summed E-state index contributed by atoms with van der Waals surface area (Å²) in [7, 11) is 0. The lowest BCUT2D eigenvalue weighted by molar-refractivity contribution is -0.0289. The van der Waals surface area contributed by atoms with E-state index in [1.807, 2.05) is 0 Å². The van der Waals surface area contributed by atoms with E-state index >= 15 is 0 Å². The van der Waals surface area contributed by atoms with Crippen LogP contribution in [0.25, 0.3) is 0 Å². The Kier molecular flexibility index (Phi) is 50.9. The Balaban J connectivity index is 3.04. The third-order valence-electron chi connectivity index (χ3n) is 7.33. The standard InChI is InChI=1S/C38H77BrO13/c1-2-3-4-5-6-7-8-9-10-11-13-40-15-17-42-19-21-44-23-25-46-27-29-48-31-33-50-35-37-52-38-36-51-34-32-49-30-28-47-26-24-45-22-20-43-18-16-41-14-12-39/h2-38H2,1H3. The fourth-order valence-electron chi connectivity index (χ4n) is 4.49. The maximum Gasteiger partial charge on any atom is 0.0701 e. The molecule has 0 saturated heterocycles. The Hall–Kier alpha value is -0.0400.